The van der Waals surface area contributed by atoms with E-state index in [2.05, 4.69) is 34.9 Å². The van der Waals surface area contributed by atoms with Gasteiger partial charge in [-0.15, -0.1) is 12.4 Å². The largest absolute Gasteiger partial charge is 0.497 e. The monoisotopic (exact) mass is 360 g/mol. The Morgan fingerprint density at radius 2 is 1.76 bits per heavy atom. The molecule has 1 unspecified atom stereocenters. The molecule has 0 radical (unpaired) electrons. The van der Waals surface area contributed by atoms with E-state index < -0.39 is 0 Å². The Bertz CT molecular complexity index is 665. The minimum absolute atomic E-state index is 0. The van der Waals surface area contributed by atoms with Crippen LogP contribution in [0.2, 0.25) is 0 Å². The minimum Gasteiger partial charge on any atom is -0.497 e. The van der Waals surface area contributed by atoms with Crippen LogP contribution < -0.4 is 15.4 Å². The maximum absolute atomic E-state index is 12.2. The Morgan fingerprint density at radius 3 is 2.32 bits per heavy atom. The van der Waals surface area contributed by atoms with Crippen molar-refractivity contribution in [2.75, 3.05) is 20.2 Å². The second-order valence-corrected chi connectivity index (χ2v) is 6.19. The molecule has 1 aliphatic rings. The maximum atomic E-state index is 12.2. The number of hydrogen-bond donors (Lipinski definition) is 2. The summed E-state index contributed by atoms with van der Waals surface area (Å²) in [6.07, 6.45) is 2.06. The van der Waals surface area contributed by atoms with Crippen molar-refractivity contribution in [2.45, 2.75) is 19.4 Å². The second kappa shape index (κ2) is 9.44. The molecular formula is C20H25ClN2O2. The van der Waals surface area contributed by atoms with Gasteiger partial charge < -0.3 is 15.4 Å². The molecule has 0 saturated carbocycles. The summed E-state index contributed by atoms with van der Waals surface area (Å²) in [6.45, 7) is 2.40. The number of carbonyl (C=O) groups excluding carboxylic acids is 1. The van der Waals surface area contributed by atoms with Crippen LogP contribution >= 0.6 is 12.4 Å². The van der Waals surface area contributed by atoms with Crippen molar-refractivity contribution in [1.82, 2.24) is 10.6 Å². The van der Waals surface area contributed by atoms with Crippen LogP contribution in [0.15, 0.2) is 48.5 Å². The highest BCUT2D eigenvalue weighted by Gasteiger charge is 2.20. The standard InChI is InChI=1S/C20H24N2O2.ClH/c1-24-19-10-8-17(9-11-19)16-6-4-15(5-7-16)13-22-20(23)18-3-2-12-21-14-18;/h4-11,18,21H,2-3,12-14H2,1H3,(H,22,23);1H. The zero-order chi connectivity index (χ0) is 16.8. The number of nitrogens with one attached hydrogen (secondary N) is 2. The molecule has 2 aromatic carbocycles. The van der Waals surface area contributed by atoms with E-state index in [1.807, 2.05) is 24.3 Å². The van der Waals surface area contributed by atoms with Crippen LogP contribution in [-0.4, -0.2) is 26.1 Å². The number of piperidine rings is 1. The van der Waals surface area contributed by atoms with Gasteiger partial charge in [0.15, 0.2) is 0 Å². The summed E-state index contributed by atoms with van der Waals surface area (Å²) in [5.41, 5.74) is 3.42. The predicted molar refractivity (Wildman–Crippen MR) is 103 cm³/mol. The van der Waals surface area contributed by atoms with E-state index in [0.29, 0.717) is 6.54 Å². The molecule has 0 bridgehead atoms. The average Bonchev–Trinajstić information content (AvgIpc) is 2.67. The number of hydrogen-bond acceptors (Lipinski definition) is 3. The van der Waals surface area contributed by atoms with Crippen LogP contribution in [0.3, 0.4) is 0 Å². The van der Waals surface area contributed by atoms with Crippen LogP contribution in [0.1, 0.15) is 18.4 Å². The number of amides is 1. The SMILES string of the molecule is COc1ccc(-c2ccc(CNC(=O)C3CCCNC3)cc2)cc1.Cl. The third-order valence-electron chi connectivity index (χ3n) is 4.51. The van der Waals surface area contributed by atoms with E-state index in [0.717, 1.165) is 48.4 Å². The molecule has 2 N–H and O–H groups in total. The highest BCUT2D eigenvalue weighted by molar-refractivity contribution is 5.85. The van der Waals surface area contributed by atoms with Gasteiger partial charge >= 0.3 is 0 Å². The first-order valence-electron chi connectivity index (χ1n) is 8.48. The molecule has 1 heterocycles. The summed E-state index contributed by atoms with van der Waals surface area (Å²) in [7, 11) is 1.67. The van der Waals surface area contributed by atoms with E-state index in [9.17, 15) is 4.79 Å². The molecular weight excluding hydrogens is 336 g/mol. The van der Waals surface area contributed by atoms with Crippen LogP contribution in [0.5, 0.6) is 5.75 Å². The lowest BCUT2D eigenvalue weighted by Crippen LogP contribution is -2.40. The quantitative estimate of drug-likeness (QED) is 0.859. The number of halogens is 1. The second-order valence-electron chi connectivity index (χ2n) is 6.19. The van der Waals surface area contributed by atoms with Gasteiger partial charge in [0, 0.05) is 13.1 Å². The molecule has 1 atom stereocenters. The van der Waals surface area contributed by atoms with Crippen molar-refractivity contribution >= 4 is 18.3 Å². The van der Waals surface area contributed by atoms with E-state index in [1.165, 1.54) is 0 Å². The van der Waals surface area contributed by atoms with E-state index in [1.54, 1.807) is 7.11 Å². The van der Waals surface area contributed by atoms with Crippen LogP contribution in [0, 0.1) is 5.92 Å². The van der Waals surface area contributed by atoms with Crippen molar-refractivity contribution in [1.29, 1.82) is 0 Å². The van der Waals surface area contributed by atoms with Crippen LogP contribution in [0.25, 0.3) is 11.1 Å². The molecule has 4 nitrogen and oxygen atoms in total. The fourth-order valence-electron chi connectivity index (χ4n) is 3.01. The highest BCUT2D eigenvalue weighted by Crippen LogP contribution is 2.22. The zero-order valence-electron chi connectivity index (χ0n) is 14.5. The predicted octanol–water partition coefficient (Wildman–Crippen LogP) is 3.40. The number of carbonyl (C=O) groups is 1. The lowest BCUT2D eigenvalue weighted by molar-refractivity contribution is -0.125. The van der Waals surface area contributed by atoms with Crippen LogP contribution in [0.4, 0.5) is 0 Å². The van der Waals surface area contributed by atoms with Crippen LogP contribution in [-0.2, 0) is 11.3 Å². The molecule has 3 rings (SSSR count). The molecule has 25 heavy (non-hydrogen) atoms. The van der Waals surface area contributed by atoms with Crippen molar-refractivity contribution in [3.05, 3.63) is 54.1 Å². The Hall–Kier alpha value is -2.04. The van der Waals surface area contributed by atoms with Gasteiger partial charge in [-0.05, 0) is 48.2 Å². The van der Waals surface area contributed by atoms with E-state index >= 15 is 0 Å². The molecule has 1 saturated heterocycles. The van der Waals surface area contributed by atoms with Gasteiger partial charge in [0.05, 0.1) is 13.0 Å². The topological polar surface area (TPSA) is 50.4 Å². The zero-order valence-corrected chi connectivity index (χ0v) is 15.3. The number of benzene rings is 2. The number of ether oxygens (including phenoxy) is 1. The number of methoxy groups -OCH3 is 1. The van der Waals surface area contributed by atoms with Crippen molar-refractivity contribution in [3.63, 3.8) is 0 Å². The van der Waals surface area contributed by atoms with Crippen molar-refractivity contribution < 1.29 is 9.53 Å². The van der Waals surface area contributed by atoms with E-state index in [4.69, 9.17) is 4.74 Å². The molecule has 0 aliphatic carbocycles. The fraction of sp³-hybridized carbons (Fsp3) is 0.350. The van der Waals surface area contributed by atoms with Gasteiger partial charge in [-0.25, -0.2) is 0 Å². The third-order valence-corrected chi connectivity index (χ3v) is 4.51. The summed E-state index contributed by atoms with van der Waals surface area (Å²) < 4.78 is 5.18. The van der Waals surface area contributed by atoms with Gasteiger partial charge in [0.25, 0.3) is 0 Å². The van der Waals surface area contributed by atoms with Crippen molar-refractivity contribution in [3.8, 4) is 16.9 Å². The Morgan fingerprint density at radius 1 is 1.12 bits per heavy atom. The summed E-state index contributed by atoms with van der Waals surface area (Å²) in [6, 6.07) is 16.3. The molecule has 1 aliphatic heterocycles. The number of rotatable bonds is 5. The smallest absolute Gasteiger partial charge is 0.224 e. The van der Waals surface area contributed by atoms with E-state index in [-0.39, 0.29) is 24.2 Å². The molecule has 0 aromatic heterocycles. The first-order chi connectivity index (χ1) is 11.8. The molecule has 0 spiro atoms. The van der Waals surface area contributed by atoms with Gasteiger partial charge in [0.1, 0.15) is 5.75 Å². The lowest BCUT2D eigenvalue weighted by Gasteiger charge is -2.21. The maximum Gasteiger partial charge on any atom is 0.224 e. The van der Waals surface area contributed by atoms with Crippen molar-refractivity contribution in [2.24, 2.45) is 5.92 Å². The first kappa shape index (κ1) is 19.3. The lowest BCUT2D eigenvalue weighted by atomic mass is 9.98. The summed E-state index contributed by atoms with van der Waals surface area (Å²) in [5.74, 6) is 1.12. The fourth-order valence-corrected chi connectivity index (χ4v) is 3.01. The third kappa shape index (κ3) is 5.21. The first-order valence-corrected chi connectivity index (χ1v) is 8.48. The molecule has 1 amide bonds. The van der Waals surface area contributed by atoms with Gasteiger partial charge in [0.2, 0.25) is 5.91 Å². The van der Waals surface area contributed by atoms with Gasteiger partial charge in [-0.2, -0.15) is 0 Å². The van der Waals surface area contributed by atoms with Gasteiger partial charge in [-0.3, -0.25) is 4.79 Å². The molecule has 1 fully saturated rings. The summed E-state index contributed by atoms with van der Waals surface area (Å²) >= 11 is 0. The highest BCUT2D eigenvalue weighted by atomic mass is 35.5. The molecule has 5 heteroatoms. The Kier molecular flexibility index (Phi) is 7.29. The molecule has 2 aromatic rings. The van der Waals surface area contributed by atoms with Gasteiger partial charge in [-0.1, -0.05) is 36.4 Å². The molecule has 134 valence electrons. The normalized spacial score (nSPS) is 16.6. The summed E-state index contributed by atoms with van der Waals surface area (Å²) in [5, 5.41) is 6.33. The summed E-state index contributed by atoms with van der Waals surface area (Å²) in [4.78, 5) is 12.2. The Balaban J connectivity index is 0.00000225. The Labute approximate surface area is 155 Å². The average molecular weight is 361 g/mol. The minimum atomic E-state index is 0.